The zero-order chi connectivity index (χ0) is 19.2. The van der Waals surface area contributed by atoms with Crippen molar-refractivity contribution in [2.24, 2.45) is 0 Å². The molecule has 1 N–H and O–H groups in total. The minimum absolute atomic E-state index is 0.00346. The topological polar surface area (TPSA) is 79.5 Å². The van der Waals surface area contributed by atoms with E-state index in [9.17, 15) is 17.6 Å². The molecular formula is C19H17FN2O4S. The first kappa shape index (κ1) is 17.7. The minimum atomic E-state index is -4.02. The summed E-state index contributed by atoms with van der Waals surface area (Å²) in [5.41, 5.74) is 2.53. The summed E-state index contributed by atoms with van der Waals surface area (Å²) in [4.78, 5) is 15.5. The van der Waals surface area contributed by atoms with Crippen LogP contribution in [0.5, 0.6) is 0 Å². The number of para-hydroxylation sites is 1. The number of carbonyl (C=O) groups is 1. The molecule has 0 aliphatic carbocycles. The smallest absolute Gasteiger partial charge is 0.324 e. The Hall–Kier alpha value is -2.71. The van der Waals surface area contributed by atoms with Crippen molar-refractivity contribution >= 4 is 26.9 Å². The molecule has 1 unspecified atom stereocenters. The number of hydrogen-bond acceptors (Lipinski definition) is 4. The van der Waals surface area contributed by atoms with E-state index < -0.39 is 27.9 Å². The van der Waals surface area contributed by atoms with E-state index >= 15 is 0 Å². The van der Waals surface area contributed by atoms with Crippen molar-refractivity contribution in [2.45, 2.75) is 23.9 Å². The lowest BCUT2D eigenvalue weighted by Gasteiger charge is -2.32. The van der Waals surface area contributed by atoms with Gasteiger partial charge in [0.2, 0.25) is 10.0 Å². The summed E-state index contributed by atoms with van der Waals surface area (Å²) in [5.74, 6) is -1.16. The maximum Gasteiger partial charge on any atom is 0.324 e. The van der Waals surface area contributed by atoms with Gasteiger partial charge in [-0.2, -0.15) is 4.31 Å². The molecule has 1 aromatic heterocycles. The molecule has 0 bridgehead atoms. The number of rotatable bonds is 3. The zero-order valence-electron chi connectivity index (χ0n) is 14.5. The van der Waals surface area contributed by atoms with Crippen LogP contribution >= 0.6 is 0 Å². The molecule has 0 spiro atoms. The predicted molar refractivity (Wildman–Crippen MR) is 96.9 cm³/mol. The molecule has 8 heteroatoms. The van der Waals surface area contributed by atoms with Crippen molar-refractivity contribution < 1.29 is 22.3 Å². The Morgan fingerprint density at radius 3 is 2.59 bits per heavy atom. The Bertz CT molecular complexity index is 1120. The highest BCUT2D eigenvalue weighted by molar-refractivity contribution is 7.89. The average molecular weight is 388 g/mol. The third kappa shape index (κ3) is 2.90. The monoisotopic (exact) mass is 388 g/mol. The summed E-state index contributed by atoms with van der Waals surface area (Å²) in [6, 6.07) is 11.2. The molecule has 1 aliphatic rings. The molecule has 0 saturated heterocycles. The summed E-state index contributed by atoms with van der Waals surface area (Å²) in [5, 5.41) is 0.959. The van der Waals surface area contributed by atoms with Gasteiger partial charge in [-0.15, -0.1) is 0 Å². The van der Waals surface area contributed by atoms with Gasteiger partial charge in [-0.3, -0.25) is 4.79 Å². The number of nitrogens with one attached hydrogen (secondary N) is 1. The second-order valence-corrected chi connectivity index (χ2v) is 8.27. The van der Waals surface area contributed by atoms with Crippen molar-refractivity contribution in [3.63, 3.8) is 0 Å². The van der Waals surface area contributed by atoms with E-state index in [2.05, 4.69) is 4.98 Å². The number of methoxy groups -OCH3 is 1. The molecule has 140 valence electrons. The highest BCUT2D eigenvalue weighted by Gasteiger charge is 2.41. The van der Waals surface area contributed by atoms with Crippen LogP contribution in [0.15, 0.2) is 53.4 Å². The maximum atomic E-state index is 13.2. The van der Waals surface area contributed by atoms with E-state index in [0.29, 0.717) is 0 Å². The molecule has 27 heavy (non-hydrogen) atoms. The molecule has 3 aromatic rings. The van der Waals surface area contributed by atoms with Gasteiger partial charge in [0.05, 0.1) is 18.6 Å². The zero-order valence-corrected chi connectivity index (χ0v) is 15.3. The lowest BCUT2D eigenvalue weighted by molar-refractivity contribution is -0.145. The molecule has 1 aliphatic heterocycles. The van der Waals surface area contributed by atoms with Gasteiger partial charge in [-0.25, -0.2) is 12.8 Å². The number of ether oxygens (including phenoxy) is 1. The lowest BCUT2D eigenvalue weighted by atomic mass is 9.98. The summed E-state index contributed by atoms with van der Waals surface area (Å²) < 4.78 is 45.4. The average Bonchev–Trinajstić information content (AvgIpc) is 3.04. The van der Waals surface area contributed by atoms with Crippen LogP contribution in [-0.2, 0) is 32.5 Å². The summed E-state index contributed by atoms with van der Waals surface area (Å²) in [6.45, 7) is 0.00346. The van der Waals surface area contributed by atoms with Crippen LogP contribution in [-0.4, -0.2) is 36.8 Å². The van der Waals surface area contributed by atoms with Gasteiger partial charge in [-0.05, 0) is 35.9 Å². The molecule has 6 nitrogen and oxygen atoms in total. The van der Waals surface area contributed by atoms with Crippen LogP contribution in [0.2, 0.25) is 0 Å². The Kier molecular flexibility index (Phi) is 4.24. The first-order chi connectivity index (χ1) is 12.9. The summed E-state index contributed by atoms with van der Waals surface area (Å²) in [6.07, 6.45) is 0.201. The normalized spacial score (nSPS) is 17.6. The SMILES string of the molecule is COC(=O)C1Cc2c([nH]c3ccccc23)CN1S(=O)(=O)c1ccc(F)cc1. The lowest BCUT2D eigenvalue weighted by Crippen LogP contribution is -2.48. The van der Waals surface area contributed by atoms with Crippen molar-refractivity contribution in [1.82, 2.24) is 9.29 Å². The molecule has 2 aromatic carbocycles. The first-order valence-corrected chi connectivity index (χ1v) is 9.79. The number of hydrogen-bond donors (Lipinski definition) is 1. The van der Waals surface area contributed by atoms with E-state index in [4.69, 9.17) is 4.74 Å². The van der Waals surface area contributed by atoms with Gasteiger partial charge in [-0.1, -0.05) is 18.2 Å². The van der Waals surface area contributed by atoms with Crippen LogP contribution in [0, 0.1) is 5.82 Å². The molecular weight excluding hydrogens is 371 g/mol. The van der Waals surface area contributed by atoms with Crippen LogP contribution in [0.3, 0.4) is 0 Å². The van der Waals surface area contributed by atoms with Crippen molar-refractivity contribution in [2.75, 3.05) is 7.11 Å². The standard InChI is InChI=1S/C19H17FN2O4S/c1-26-19(23)18-10-15-14-4-2-3-5-16(14)21-17(15)11-22(18)27(24,25)13-8-6-12(20)7-9-13/h2-9,18,21H,10-11H2,1H3. The van der Waals surface area contributed by atoms with E-state index in [-0.39, 0.29) is 17.9 Å². The van der Waals surface area contributed by atoms with Crippen molar-refractivity contribution in [3.8, 4) is 0 Å². The Balaban J connectivity index is 1.83. The molecule has 0 fully saturated rings. The third-order valence-electron chi connectivity index (χ3n) is 4.85. The fourth-order valence-electron chi connectivity index (χ4n) is 3.52. The molecule has 4 rings (SSSR count). The number of fused-ring (bicyclic) bond motifs is 3. The number of benzene rings is 2. The Labute approximate surface area is 155 Å². The number of aromatic amines is 1. The van der Waals surface area contributed by atoms with E-state index in [1.807, 2.05) is 24.3 Å². The molecule has 0 saturated carbocycles. The van der Waals surface area contributed by atoms with Crippen LogP contribution in [0.4, 0.5) is 4.39 Å². The number of carbonyl (C=O) groups excluding carboxylic acids is 1. The number of sulfonamides is 1. The van der Waals surface area contributed by atoms with E-state index in [0.717, 1.165) is 38.6 Å². The van der Waals surface area contributed by atoms with Crippen molar-refractivity contribution in [3.05, 3.63) is 65.6 Å². The van der Waals surface area contributed by atoms with Crippen LogP contribution in [0.25, 0.3) is 10.9 Å². The Morgan fingerprint density at radius 2 is 1.89 bits per heavy atom. The summed E-state index contributed by atoms with van der Waals surface area (Å²) in [7, 11) is -2.79. The first-order valence-electron chi connectivity index (χ1n) is 8.35. The molecule has 0 amide bonds. The maximum absolute atomic E-state index is 13.2. The van der Waals surface area contributed by atoms with Gasteiger partial charge in [0.25, 0.3) is 0 Å². The quantitative estimate of drug-likeness (QED) is 0.700. The van der Waals surface area contributed by atoms with Gasteiger partial charge in [0.15, 0.2) is 0 Å². The predicted octanol–water partition coefficient (Wildman–Crippen LogP) is 2.60. The van der Waals surface area contributed by atoms with Gasteiger partial charge in [0, 0.05) is 23.0 Å². The molecule has 0 radical (unpaired) electrons. The number of H-pyrrole nitrogens is 1. The fraction of sp³-hybridized carbons (Fsp3) is 0.211. The fourth-order valence-corrected chi connectivity index (χ4v) is 5.06. The van der Waals surface area contributed by atoms with Gasteiger partial charge >= 0.3 is 5.97 Å². The van der Waals surface area contributed by atoms with Crippen molar-refractivity contribution in [1.29, 1.82) is 0 Å². The number of halogens is 1. The number of aromatic nitrogens is 1. The third-order valence-corrected chi connectivity index (χ3v) is 6.72. The largest absolute Gasteiger partial charge is 0.468 e. The second-order valence-electron chi connectivity index (χ2n) is 6.37. The van der Waals surface area contributed by atoms with Gasteiger partial charge in [0.1, 0.15) is 11.9 Å². The van der Waals surface area contributed by atoms with E-state index in [1.54, 1.807) is 0 Å². The molecule has 1 atom stereocenters. The van der Waals surface area contributed by atoms with Gasteiger partial charge < -0.3 is 9.72 Å². The molecule has 2 heterocycles. The highest BCUT2D eigenvalue weighted by atomic mass is 32.2. The second kappa shape index (κ2) is 6.47. The highest BCUT2D eigenvalue weighted by Crippen LogP contribution is 2.33. The summed E-state index contributed by atoms with van der Waals surface area (Å²) >= 11 is 0. The number of nitrogens with zero attached hydrogens (tertiary/aromatic N) is 1. The minimum Gasteiger partial charge on any atom is -0.468 e. The Morgan fingerprint density at radius 1 is 1.19 bits per heavy atom. The van der Waals surface area contributed by atoms with Crippen LogP contribution < -0.4 is 0 Å². The van der Waals surface area contributed by atoms with E-state index in [1.165, 1.54) is 19.2 Å². The van der Waals surface area contributed by atoms with Crippen LogP contribution in [0.1, 0.15) is 11.3 Å². The number of esters is 1.